The number of amides is 1. The van der Waals surface area contributed by atoms with Gasteiger partial charge in [-0.25, -0.2) is 0 Å². The Bertz CT molecular complexity index is 919. The van der Waals surface area contributed by atoms with E-state index in [-0.39, 0.29) is 22.8 Å². The molecule has 6 nitrogen and oxygen atoms in total. The molecule has 6 heteroatoms. The van der Waals surface area contributed by atoms with Crippen molar-refractivity contribution in [1.29, 1.82) is 0 Å². The lowest BCUT2D eigenvalue weighted by molar-refractivity contribution is 0.0584. The molecule has 2 aromatic heterocycles. The van der Waals surface area contributed by atoms with Crippen LogP contribution in [0.1, 0.15) is 55.0 Å². The summed E-state index contributed by atoms with van der Waals surface area (Å²) in [6.45, 7) is 8.37. The molecule has 2 aliphatic heterocycles. The number of carbonyl (C=O) groups is 1. The van der Waals surface area contributed by atoms with Gasteiger partial charge in [0.25, 0.3) is 11.5 Å². The molecular formula is C20H26N4O2. The van der Waals surface area contributed by atoms with E-state index in [1.807, 2.05) is 34.7 Å². The lowest BCUT2D eigenvalue weighted by Gasteiger charge is -2.42. The molecule has 0 aliphatic carbocycles. The lowest BCUT2D eigenvalue weighted by atomic mass is 9.83. The summed E-state index contributed by atoms with van der Waals surface area (Å²) in [4.78, 5) is 27.3. The van der Waals surface area contributed by atoms with E-state index in [0.29, 0.717) is 31.2 Å². The van der Waals surface area contributed by atoms with E-state index < -0.39 is 0 Å². The van der Waals surface area contributed by atoms with Crippen molar-refractivity contribution in [3.63, 3.8) is 0 Å². The maximum atomic E-state index is 13.2. The van der Waals surface area contributed by atoms with Crippen molar-refractivity contribution in [2.45, 2.75) is 45.1 Å². The van der Waals surface area contributed by atoms with Crippen LogP contribution in [0, 0.1) is 5.92 Å². The van der Waals surface area contributed by atoms with E-state index >= 15 is 0 Å². The standard InChI is InChI=1S/C20H26N4O2/c1-20(2,3)17-9-16(22(4)21-17)19(26)23-10-13-8-14(12-23)15-6-5-7-18(25)24(15)11-13/h5-7,9,13-14H,8,10-12H2,1-4H3/t13-,14?/m1/s1. The number of likely N-dealkylation sites (tertiary alicyclic amines) is 1. The molecule has 0 saturated carbocycles. The quantitative estimate of drug-likeness (QED) is 0.788. The fraction of sp³-hybridized carbons (Fsp3) is 0.550. The van der Waals surface area contributed by atoms with Crippen molar-refractivity contribution in [3.8, 4) is 0 Å². The molecule has 0 aromatic carbocycles. The fourth-order valence-electron chi connectivity index (χ4n) is 4.26. The molecular weight excluding hydrogens is 328 g/mol. The number of rotatable bonds is 1. The fourth-order valence-corrected chi connectivity index (χ4v) is 4.26. The van der Waals surface area contributed by atoms with E-state index in [1.165, 1.54) is 0 Å². The van der Waals surface area contributed by atoms with E-state index in [0.717, 1.165) is 17.8 Å². The molecule has 1 saturated heterocycles. The summed E-state index contributed by atoms with van der Waals surface area (Å²) >= 11 is 0. The number of aromatic nitrogens is 3. The third-order valence-electron chi connectivity index (χ3n) is 5.63. The van der Waals surface area contributed by atoms with Crippen molar-refractivity contribution in [1.82, 2.24) is 19.2 Å². The highest BCUT2D eigenvalue weighted by Gasteiger charge is 2.37. The number of piperidine rings is 1. The summed E-state index contributed by atoms with van der Waals surface area (Å²) in [5.74, 6) is 0.605. The van der Waals surface area contributed by atoms with Crippen LogP contribution in [-0.4, -0.2) is 38.2 Å². The van der Waals surface area contributed by atoms with Gasteiger partial charge in [-0.15, -0.1) is 0 Å². The number of fused-ring (bicyclic) bond motifs is 4. The smallest absolute Gasteiger partial charge is 0.272 e. The van der Waals surface area contributed by atoms with Crippen molar-refractivity contribution >= 4 is 5.91 Å². The molecule has 1 fully saturated rings. The van der Waals surface area contributed by atoms with Gasteiger partial charge in [0.15, 0.2) is 0 Å². The maximum absolute atomic E-state index is 13.2. The first-order valence-electron chi connectivity index (χ1n) is 9.27. The molecule has 0 radical (unpaired) electrons. The molecule has 138 valence electrons. The Balaban J connectivity index is 1.62. The first-order chi connectivity index (χ1) is 12.2. The molecule has 2 bridgehead atoms. The minimum absolute atomic E-state index is 0.0388. The van der Waals surface area contributed by atoms with Gasteiger partial charge in [0.1, 0.15) is 5.69 Å². The Morgan fingerprint density at radius 1 is 1.19 bits per heavy atom. The minimum Gasteiger partial charge on any atom is -0.336 e. The number of carbonyl (C=O) groups excluding carboxylic acids is 1. The Morgan fingerprint density at radius 2 is 1.96 bits per heavy atom. The molecule has 1 amide bonds. The first kappa shape index (κ1) is 17.1. The number of hydrogen-bond acceptors (Lipinski definition) is 3. The molecule has 0 N–H and O–H groups in total. The third kappa shape index (κ3) is 2.77. The minimum atomic E-state index is -0.0885. The molecule has 2 atom stereocenters. The normalized spacial score (nSPS) is 22.2. The highest BCUT2D eigenvalue weighted by Crippen LogP contribution is 2.35. The first-order valence-corrected chi connectivity index (χ1v) is 9.27. The molecule has 2 aliphatic rings. The summed E-state index contributed by atoms with van der Waals surface area (Å²) < 4.78 is 3.59. The molecule has 26 heavy (non-hydrogen) atoms. The van der Waals surface area contributed by atoms with Gasteiger partial charge in [0, 0.05) is 49.8 Å². The molecule has 0 spiro atoms. The lowest BCUT2D eigenvalue weighted by Crippen LogP contribution is -2.49. The van der Waals surface area contributed by atoms with Crippen molar-refractivity contribution in [2.75, 3.05) is 13.1 Å². The van der Waals surface area contributed by atoms with Crippen LogP contribution in [0.4, 0.5) is 0 Å². The molecule has 1 unspecified atom stereocenters. The average Bonchev–Trinajstić information content (AvgIpc) is 2.97. The van der Waals surface area contributed by atoms with Crippen LogP contribution in [0.15, 0.2) is 29.1 Å². The maximum Gasteiger partial charge on any atom is 0.272 e. The van der Waals surface area contributed by atoms with Crippen LogP contribution in [-0.2, 0) is 19.0 Å². The predicted molar refractivity (Wildman–Crippen MR) is 99.4 cm³/mol. The SMILES string of the molecule is Cn1nc(C(C)(C)C)cc1C(=O)N1CC2C[C@H](C1)Cn1c2cccc1=O. The number of pyridine rings is 1. The van der Waals surface area contributed by atoms with Gasteiger partial charge in [-0.05, 0) is 24.5 Å². The van der Waals surface area contributed by atoms with Crippen LogP contribution in [0.3, 0.4) is 0 Å². The van der Waals surface area contributed by atoms with Crippen LogP contribution in [0.25, 0.3) is 0 Å². The molecule has 2 aromatic rings. The van der Waals surface area contributed by atoms with Crippen LogP contribution < -0.4 is 5.56 Å². The third-order valence-corrected chi connectivity index (χ3v) is 5.63. The zero-order valence-corrected chi connectivity index (χ0v) is 15.9. The zero-order chi connectivity index (χ0) is 18.6. The zero-order valence-electron chi connectivity index (χ0n) is 15.9. The van der Waals surface area contributed by atoms with Gasteiger partial charge in [-0.3, -0.25) is 14.3 Å². The van der Waals surface area contributed by atoms with E-state index in [9.17, 15) is 9.59 Å². The topological polar surface area (TPSA) is 60.1 Å². The summed E-state index contributed by atoms with van der Waals surface area (Å²) in [5.41, 5.74) is 2.61. The van der Waals surface area contributed by atoms with Gasteiger partial charge in [0.2, 0.25) is 0 Å². The van der Waals surface area contributed by atoms with E-state index in [4.69, 9.17) is 0 Å². The Morgan fingerprint density at radius 3 is 2.65 bits per heavy atom. The number of nitrogens with zero attached hydrogens (tertiary/aromatic N) is 4. The summed E-state index contributed by atoms with van der Waals surface area (Å²) in [7, 11) is 1.84. The highest BCUT2D eigenvalue weighted by molar-refractivity contribution is 5.93. The molecule has 4 heterocycles. The van der Waals surface area contributed by atoms with Crippen LogP contribution >= 0.6 is 0 Å². The van der Waals surface area contributed by atoms with E-state index in [2.05, 4.69) is 25.9 Å². The largest absolute Gasteiger partial charge is 0.336 e. The highest BCUT2D eigenvalue weighted by atomic mass is 16.2. The van der Waals surface area contributed by atoms with Crippen molar-refractivity contribution in [2.24, 2.45) is 13.0 Å². The summed E-state index contributed by atoms with van der Waals surface area (Å²) in [6, 6.07) is 7.40. The van der Waals surface area contributed by atoms with Gasteiger partial charge < -0.3 is 9.47 Å². The monoisotopic (exact) mass is 354 g/mol. The Hall–Kier alpha value is -2.37. The van der Waals surface area contributed by atoms with Gasteiger partial charge in [-0.2, -0.15) is 5.10 Å². The second-order valence-corrected chi connectivity index (χ2v) is 8.70. The number of aryl methyl sites for hydroxylation is 1. The Kier molecular flexibility index (Phi) is 3.82. The van der Waals surface area contributed by atoms with Crippen LogP contribution in [0.2, 0.25) is 0 Å². The second-order valence-electron chi connectivity index (χ2n) is 8.70. The van der Waals surface area contributed by atoms with Gasteiger partial charge >= 0.3 is 0 Å². The van der Waals surface area contributed by atoms with Crippen molar-refractivity contribution < 1.29 is 4.79 Å². The van der Waals surface area contributed by atoms with Crippen LogP contribution in [0.5, 0.6) is 0 Å². The predicted octanol–water partition coefficient (Wildman–Crippen LogP) is 2.14. The van der Waals surface area contributed by atoms with Crippen molar-refractivity contribution in [3.05, 3.63) is 51.7 Å². The molecule has 4 rings (SSSR count). The summed E-state index contributed by atoms with van der Waals surface area (Å²) in [5, 5.41) is 4.54. The number of hydrogen-bond donors (Lipinski definition) is 0. The van der Waals surface area contributed by atoms with E-state index in [1.54, 1.807) is 10.7 Å². The summed E-state index contributed by atoms with van der Waals surface area (Å²) in [6.07, 6.45) is 1.05. The second kappa shape index (κ2) is 5.83. The van der Waals surface area contributed by atoms with Gasteiger partial charge in [0.05, 0.1) is 5.69 Å². The van der Waals surface area contributed by atoms with Gasteiger partial charge in [-0.1, -0.05) is 26.8 Å². The Labute approximate surface area is 153 Å². The average molecular weight is 354 g/mol.